The second kappa shape index (κ2) is 9.35. The molecule has 1 amide bonds. The highest BCUT2D eigenvalue weighted by Gasteiger charge is 2.22. The molecule has 0 bridgehead atoms. The molecule has 2 aromatic heterocycles. The minimum Gasteiger partial charge on any atom is -0.385 e. The molecule has 7 heteroatoms. The topological polar surface area (TPSA) is 71.5 Å². The van der Waals surface area contributed by atoms with E-state index in [1.807, 2.05) is 17.0 Å². The second-order valence-electron chi connectivity index (χ2n) is 6.37. The highest BCUT2D eigenvalue weighted by Crippen LogP contribution is 2.14. The predicted octanol–water partition coefficient (Wildman–Crippen LogP) is 1.72. The molecule has 1 aliphatic heterocycles. The number of ether oxygens (including phenoxy) is 1. The van der Waals surface area contributed by atoms with Gasteiger partial charge in [0.15, 0.2) is 5.82 Å². The van der Waals surface area contributed by atoms with E-state index >= 15 is 0 Å². The number of piperazine rings is 1. The van der Waals surface area contributed by atoms with Gasteiger partial charge in [-0.3, -0.25) is 14.7 Å². The van der Waals surface area contributed by atoms with E-state index in [-0.39, 0.29) is 5.91 Å². The standard InChI is InChI=1S/C19H25N5O2/c1-26-12-3-2-7-23-8-10-24(11-9-23)19(25)17-14-21-18(22-15-17)16-5-4-6-20-13-16/h4-6,13-15H,2-3,7-12H2,1H3. The maximum Gasteiger partial charge on any atom is 0.257 e. The van der Waals surface area contributed by atoms with Gasteiger partial charge in [0.05, 0.1) is 5.56 Å². The molecule has 26 heavy (non-hydrogen) atoms. The monoisotopic (exact) mass is 355 g/mol. The first-order valence-electron chi connectivity index (χ1n) is 9.01. The molecule has 1 aliphatic rings. The van der Waals surface area contributed by atoms with Crippen LogP contribution in [0.5, 0.6) is 0 Å². The first-order chi connectivity index (χ1) is 12.8. The first-order valence-corrected chi connectivity index (χ1v) is 9.01. The van der Waals surface area contributed by atoms with Gasteiger partial charge in [0.25, 0.3) is 5.91 Å². The van der Waals surface area contributed by atoms with Crippen molar-refractivity contribution in [3.8, 4) is 11.4 Å². The van der Waals surface area contributed by atoms with Crippen LogP contribution >= 0.6 is 0 Å². The first kappa shape index (κ1) is 18.4. The molecule has 0 atom stereocenters. The molecule has 138 valence electrons. The highest BCUT2D eigenvalue weighted by atomic mass is 16.5. The Balaban J connectivity index is 1.51. The Kier molecular flexibility index (Phi) is 6.62. The third kappa shape index (κ3) is 4.83. The van der Waals surface area contributed by atoms with Crippen molar-refractivity contribution in [3.63, 3.8) is 0 Å². The lowest BCUT2D eigenvalue weighted by atomic mass is 10.2. The number of carbonyl (C=O) groups is 1. The molecule has 0 N–H and O–H groups in total. The number of carbonyl (C=O) groups excluding carboxylic acids is 1. The molecule has 3 heterocycles. The van der Waals surface area contributed by atoms with E-state index in [1.54, 1.807) is 31.9 Å². The number of pyridine rings is 1. The van der Waals surface area contributed by atoms with Crippen LogP contribution in [0.1, 0.15) is 23.2 Å². The molecule has 0 radical (unpaired) electrons. The largest absolute Gasteiger partial charge is 0.385 e. The Morgan fingerprint density at radius 3 is 2.54 bits per heavy atom. The van der Waals surface area contributed by atoms with Crippen molar-refractivity contribution in [2.45, 2.75) is 12.8 Å². The Labute approximate surface area is 154 Å². The number of aromatic nitrogens is 3. The van der Waals surface area contributed by atoms with Crippen molar-refractivity contribution in [3.05, 3.63) is 42.5 Å². The molecule has 0 saturated carbocycles. The Bertz CT molecular complexity index is 685. The van der Waals surface area contributed by atoms with Crippen LogP contribution in [0.15, 0.2) is 36.9 Å². The lowest BCUT2D eigenvalue weighted by molar-refractivity contribution is 0.0631. The van der Waals surface area contributed by atoms with Crippen molar-refractivity contribution in [1.29, 1.82) is 0 Å². The lowest BCUT2D eigenvalue weighted by Crippen LogP contribution is -2.48. The van der Waals surface area contributed by atoms with Gasteiger partial charge in [-0.1, -0.05) is 0 Å². The summed E-state index contributed by atoms with van der Waals surface area (Å²) in [6.07, 6.45) is 8.84. The van der Waals surface area contributed by atoms with Gasteiger partial charge < -0.3 is 9.64 Å². The fourth-order valence-electron chi connectivity index (χ4n) is 3.02. The van der Waals surface area contributed by atoms with Crippen LogP contribution in [-0.4, -0.2) is 77.1 Å². The van der Waals surface area contributed by atoms with Gasteiger partial charge in [0, 0.05) is 70.2 Å². The molecule has 0 aromatic carbocycles. The van der Waals surface area contributed by atoms with Crippen LogP contribution in [0.3, 0.4) is 0 Å². The minimum atomic E-state index is 0.00164. The van der Waals surface area contributed by atoms with Crippen molar-refractivity contribution < 1.29 is 9.53 Å². The van der Waals surface area contributed by atoms with Crippen molar-refractivity contribution >= 4 is 5.91 Å². The predicted molar refractivity (Wildman–Crippen MR) is 98.7 cm³/mol. The summed E-state index contributed by atoms with van der Waals surface area (Å²) >= 11 is 0. The van der Waals surface area contributed by atoms with Crippen molar-refractivity contribution in [2.75, 3.05) is 46.4 Å². The third-order valence-electron chi connectivity index (χ3n) is 4.55. The smallest absolute Gasteiger partial charge is 0.257 e. The second-order valence-corrected chi connectivity index (χ2v) is 6.37. The maximum atomic E-state index is 12.7. The molecule has 2 aromatic rings. The van der Waals surface area contributed by atoms with E-state index in [9.17, 15) is 4.79 Å². The molecule has 0 spiro atoms. The molecule has 1 saturated heterocycles. The van der Waals surface area contributed by atoms with Crippen LogP contribution in [0, 0.1) is 0 Å². The van der Waals surface area contributed by atoms with E-state index in [1.165, 1.54) is 0 Å². The Morgan fingerprint density at radius 2 is 1.88 bits per heavy atom. The number of unbranched alkanes of at least 4 members (excludes halogenated alkanes) is 1. The summed E-state index contributed by atoms with van der Waals surface area (Å²) in [6.45, 7) is 5.18. The maximum absolute atomic E-state index is 12.7. The van der Waals surface area contributed by atoms with E-state index < -0.39 is 0 Å². The van der Waals surface area contributed by atoms with E-state index in [4.69, 9.17) is 4.74 Å². The van der Waals surface area contributed by atoms with Crippen molar-refractivity contribution in [2.24, 2.45) is 0 Å². The number of hydrogen-bond donors (Lipinski definition) is 0. The zero-order valence-electron chi connectivity index (χ0n) is 15.2. The van der Waals surface area contributed by atoms with Gasteiger partial charge in [-0.2, -0.15) is 0 Å². The summed E-state index contributed by atoms with van der Waals surface area (Å²) in [5.41, 5.74) is 1.37. The third-order valence-corrected chi connectivity index (χ3v) is 4.55. The van der Waals surface area contributed by atoms with Gasteiger partial charge in [-0.15, -0.1) is 0 Å². The van der Waals surface area contributed by atoms with Crippen LogP contribution in [0.25, 0.3) is 11.4 Å². The number of rotatable bonds is 7. The SMILES string of the molecule is COCCCCN1CCN(C(=O)c2cnc(-c3cccnc3)nc2)CC1. The van der Waals surface area contributed by atoms with Crippen LogP contribution < -0.4 is 0 Å². The number of amides is 1. The summed E-state index contributed by atoms with van der Waals surface area (Å²) < 4.78 is 5.08. The van der Waals surface area contributed by atoms with E-state index in [0.717, 1.165) is 57.7 Å². The van der Waals surface area contributed by atoms with Crippen LogP contribution in [0.4, 0.5) is 0 Å². The molecule has 0 unspecified atom stereocenters. The Morgan fingerprint density at radius 1 is 1.12 bits per heavy atom. The van der Waals surface area contributed by atoms with Gasteiger partial charge in [0.2, 0.25) is 0 Å². The summed E-state index contributed by atoms with van der Waals surface area (Å²) in [6, 6.07) is 3.74. The van der Waals surface area contributed by atoms with Gasteiger partial charge in [-0.05, 0) is 31.5 Å². The highest BCUT2D eigenvalue weighted by molar-refractivity contribution is 5.93. The van der Waals surface area contributed by atoms with E-state index in [2.05, 4.69) is 19.9 Å². The van der Waals surface area contributed by atoms with Crippen molar-refractivity contribution in [1.82, 2.24) is 24.8 Å². The molecular formula is C19H25N5O2. The van der Waals surface area contributed by atoms with Gasteiger partial charge >= 0.3 is 0 Å². The van der Waals surface area contributed by atoms with Gasteiger partial charge in [0.1, 0.15) is 0 Å². The van der Waals surface area contributed by atoms with Crippen LogP contribution in [0.2, 0.25) is 0 Å². The molecular weight excluding hydrogens is 330 g/mol. The fraction of sp³-hybridized carbons (Fsp3) is 0.474. The van der Waals surface area contributed by atoms with E-state index in [0.29, 0.717) is 11.4 Å². The molecule has 3 rings (SSSR count). The lowest BCUT2D eigenvalue weighted by Gasteiger charge is -2.34. The van der Waals surface area contributed by atoms with Gasteiger partial charge in [-0.25, -0.2) is 9.97 Å². The quantitative estimate of drug-likeness (QED) is 0.705. The summed E-state index contributed by atoms with van der Waals surface area (Å²) in [7, 11) is 1.73. The zero-order valence-corrected chi connectivity index (χ0v) is 15.2. The molecule has 7 nitrogen and oxygen atoms in total. The molecule has 0 aliphatic carbocycles. The summed E-state index contributed by atoms with van der Waals surface area (Å²) in [5, 5.41) is 0. The number of hydrogen-bond acceptors (Lipinski definition) is 6. The van der Waals surface area contributed by atoms with Crippen LogP contribution in [-0.2, 0) is 4.74 Å². The number of methoxy groups -OCH3 is 1. The Hall–Kier alpha value is -2.38. The fourth-order valence-corrected chi connectivity index (χ4v) is 3.02. The summed E-state index contributed by atoms with van der Waals surface area (Å²) in [5.74, 6) is 0.581. The average Bonchev–Trinajstić information content (AvgIpc) is 2.72. The average molecular weight is 355 g/mol. The normalized spacial score (nSPS) is 15.2. The summed E-state index contributed by atoms with van der Waals surface area (Å²) in [4.78, 5) is 29.6. The number of nitrogens with zero attached hydrogens (tertiary/aromatic N) is 5. The molecule has 1 fully saturated rings. The minimum absolute atomic E-state index is 0.00164. The zero-order chi connectivity index (χ0) is 18.2.